The van der Waals surface area contributed by atoms with Gasteiger partial charge in [0.1, 0.15) is 24.5 Å². The van der Waals surface area contributed by atoms with Gasteiger partial charge < -0.3 is 19.9 Å². The molecule has 0 spiro atoms. The molecule has 0 unspecified atom stereocenters. The number of anilines is 2. The Kier molecular flexibility index (Phi) is 5.99. The van der Waals surface area contributed by atoms with Crippen LogP contribution in [0.2, 0.25) is 0 Å². The van der Waals surface area contributed by atoms with Crippen molar-refractivity contribution in [3.8, 4) is 0 Å². The van der Waals surface area contributed by atoms with Crippen molar-refractivity contribution in [2.75, 3.05) is 55.7 Å². The number of ether oxygens (including phenoxy) is 1. The quantitative estimate of drug-likeness (QED) is 0.636. The Balaban J connectivity index is 1.25. The number of halogens is 1. The SMILES string of the molecule is C[C@]1(c2cccc(N3CCOC3=O)c2)NC(=O)N(CC(=O)N2CCN(c3ccccc3F)CC2)C1=O. The van der Waals surface area contributed by atoms with Crippen molar-refractivity contribution in [1.29, 1.82) is 0 Å². The van der Waals surface area contributed by atoms with E-state index in [2.05, 4.69) is 5.32 Å². The van der Waals surface area contributed by atoms with Crippen LogP contribution < -0.4 is 15.1 Å². The van der Waals surface area contributed by atoms with E-state index in [-0.39, 0.29) is 18.3 Å². The van der Waals surface area contributed by atoms with Crippen molar-refractivity contribution >= 4 is 35.3 Å². The fourth-order valence-corrected chi connectivity index (χ4v) is 4.79. The van der Waals surface area contributed by atoms with Crippen LogP contribution in [0.5, 0.6) is 0 Å². The van der Waals surface area contributed by atoms with Crippen molar-refractivity contribution in [3.63, 3.8) is 0 Å². The first-order valence-corrected chi connectivity index (χ1v) is 11.7. The van der Waals surface area contributed by atoms with E-state index >= 15 is 0 Å². The van der Waals surface area contributed by atoms with Gasteiger partial charge in [0.25, 0.3) is 5.91 Å². The minimum atomic E-state index is -1.39. The number of cyclic esters (lactones) is 1. The lowest BCUT2D eigenvalue weighted by Crippen LogP contribution is -2.52. The van der Waals surface area contributed by atoms with E-state index in [4.69, 9.17) is 4.74 Å². The number of nitrogens with zero attached hydrogens (tertiary/aromatic N) is 4. The number of amides is 5. The van der Waals surface area contributed by atoms with Crippen LogP contribution in [0.4, 0.5) is 25.4 Å². The normalized spacial score (nSPS) is 22.2. The molecule has 3 aliphatic heterocycles. The number of piperazine rings is 1. The number of nitrogens with one attached hydrogen (secondary N) is 1. The zero-order chi connectivity index (χ0) is 25.4. The van der Waals surface area contributed by atoms with Crippen molar-refractivity contribution in [2.24, 2.45) is 0 Å². The maximum atomic E-state index is 14.1. The van der Waals surface area contributed by atoms with Crippen LogP contribution in [0.1, 0.15) is 12.5 Å². The van der Waals surface area contributed by atoms with E-state index in [1.54, 1.807) is 54.3 Å². The number of hydrogen-bond donors (Lipinski definition) is 1. The summed E-state index contributed by atoms with van der Waals surface area (Å²) in [5.74, 6) is -1.22. The molecule has 2 aromatic carbocycles. The van der Waals surface area contributed by atoms with E-state index in [0.717, 1.165) is 4.90 Å². The number of hydrogen-bond acceptors (Lipinski definition) is 6. The molecule has 1 N–H and O–H groups in total. The molecule has 3 fully saturated rings. The zero-order valence-corrected chi connectivity index (χ0v) is 19.8. The third kappa shape index (κ3) is 4.10. The predicted molar refractivity (Wildman–Crippen MR) is 128 cm³/mol. The largest absolute Gasteiger partial charge is 0.447 e. The standard InChI is InChI=1S/C25H26FN5O5/c1-25(17-5-4-6-18(15-17)30-13-14-36-24(30)35)22(33)31(23(34)27-25)16-21(32)29-11-9-28(10-12-29)20-8-3-2-7-19(20)26/h2-8,15H,9-14,16H2,1H3,(H,27,34)/t25-/m1/s1. The summed E-state index contributed by atoms with van der Waals surface area (Å²) in [5, 5.41) is 2.70. The van der Waals surface area contributed by atoms with Crippen molar-refractivity contribution in [2.45, 2.75) is 12.5 Å². The number of para-hydroxylation sites is 1. The van der Waals surface area contributed by atoms with Gasteiger partial charge in [0.05, 0.1) is 12.2 Å². The van der Waals surface area contributed by atoms with Gasteiger partial charge in [-0.15, -0.1) is 0 Å². The molecule has 3 heterocycles. The van der Waals surface area contributed by atoms with Gasteiger partial charge in [-0.25, -0.2) is 14.0 Å². The van der Waals surface area contributed by atoms with E-state index in [1.807, 2.05) is 4.90 Å². The van der Waals surface area contributed by atoms with Gasteiger partial charge in [0, 0.05) is 31.9 Å². The first kappa shape index (κ1) is 23.6. The summed E-state index contributed by atoms with van der Waals surface area (Å²) in [6.07, 6.45) is -0.471. The molecular formula is C25H26FN5O5. The summed E-state index contributed by atoms with van der Waals surface area (Å²) < 4.78 is 19.1. The summed E-state index contributed by atoms with van der Waals surface area (Å²) >= 11 is 0. The maximum Gasteiger partial charge on any atom is 0.414 e. The first-order valence-electron chi connectivity index (χ1n) is 11.7. The predicted octanol–water partition coefficient (Wildman–Crippen LogP) is 1.90. The summed E-state index contributed by atoms with van der Waals surface area (Å²) in [6, 6.07) is 12.6. The Morgan fingerprint density at radius 3 is 2.47 bits per heavy atom. The van der Waals surface area contributed by atoms with Crippen LogP contribution in [-0.2, 0) is 19.9 Å². The third-order valence-corrected chi connectivity index (χ3v) is 6.89. The molecular weight excluding hydrogens is 469 g/mol. The van der Waals surface area contributed by atoms with E-state index < -0.39 is 30.1 Å². The minimum absolute atomic E-state index is 0.278. The lowest BCUT2D eigenvalue weighted by molar-refractivity contribution is -0.139. The number of imide groups is 1. The molecule has 1 atom stereocenters. The Labute approximate surface area is 207 Å². The molecule has 0 radical (unpaired) electrons. The van der Waals surface area contributed by atoms with Crippen LogP contribution in [0.25, 0.3) is 0 Å². The summed E-state index contributed by atoms with van der Waals surface area (Å²) in [4.78, 5) is 56.8. The van der Waals surface area contributed by atoms with Crippen molar-refractivity contribution in [3.05, 3.63) is 59.9 Å². The highest BCUT2D eigenvalue weighted by molar-refractivity contribution is 6.09. The van der Waals surface area contributed by atoms with Gasteiger partial charge in [-0.05, 0) is 36.8 Å². The minimum Gasteiger partial charge on any atom is -0.447 e. The van der Waals surface area contributed by atoms with Gasteiger partial charge in [0.15, 0.2) is 0 Å². The highest BCUT2D eigenvalue weighted by Crippen LogP contribution is 2.32. The first-order chi connectivity index (χ1) is 17.3. The summed E-state index contributed by atoms with van der Waals surface area (Å²) in [6.45, 7) is 3.44. The van der Waals surface area contributed by atoms with Gasteiger partial charge in [-0.2, -0.15) is 0 Å². The molecule has 5 rings (SSSR count). The second-order valence-corrected chi connectivity index (χ2v) is 9.08. The second kappa shape index (κ2) is 9.14. The third-order valence-electron chi connectivity index (χ3n) is 6.89. The van der Waals surface area contributed by atoms with Gasteiger partial charge >= 0.3 is 12.1 Å². The highest BCUT2D eigenvalue weighted by Gasteiger charge is 2.50. The molecule has 0 bridgehead atoms. The average Bonchev–Trinajstić information content (AvgIpc) is 3.41. The van der Waals surface area contributed by atoms with Crippen LogP contribution in [0.3, 0.4) is 0 Å². The van der Waals surface area contributed by atoms with Crippen LogP contribution >= 0.6 is 0 Å². The second-order valence-electron chi connectivity index (χ2n) is 9.08. The van der Waals surface area contributed by atoms with Gasteiger partial charge in [-0.3, -0.25) is 19.4 Å². The number of benzene rings is 2. The average molecular weight is 496 g/mol. The Hall–Kier alpha value is -4.15. The number of carbonyl (C=O) groups is 4. The Morgan fingerprint density at radius 1 is 1.03 bits per heavy atom. The zero-order valence-electron chi connectivity index (χ0n) is 19.8. The monoisotopic (exact) mass is 495 g/mol. The lowest BCUT2D eigenvalue weighted by atomic mass is 9.91. The number of urea groups is 1. The van der Waals surface area contributed by atoms with Gasteiger partial charge in [-0.1, -0.05) is 24.3 Å². The van der Waals surface area contributed by atoms with E-state index in [1.165, 1.54) is 11.0 Å². The number of carbonyl (C=O) groups excluding carboxylic acids is 4. The molecule has 11 heteroatoms. The van der Waals surface area contributed by atoms with Crippen molar-refractivity contribution in [1.82, 2.24) is 15.1 Å². The molecule has 2 aromatic rings. The summed E-state index contributed by atoms with van der Waals surface area (Å²) in [5.41, 5.74) is 0.145. The van der Waals surface area contributed by atoms with Crippen molar-refractivity contribution < 1.29 is 28.3 Å². The fourth-order valence-electron chi connectivity index (χ4n) is 4.79. The van der Waals surface area contributed by atoms with Crippen LogP contribution in [0.15, 0.2) is 48.5 Å². The summed E-state index contributed by atoms with van der Waals surface area (Å²) in [7, 11) is 0. The molecule has 36 heavy (non-hydrogen) atoms. The molecule has 3 saturated heterocycles. The lowest BCUT2D eigenvalue weighted by Gasteiger charge is -2.36. The Morgan fingerprint density at radius 2 is 1.78 bits per heavy atom. The smallest absolute Gasteiger partial charge is 0.414 e. The molecule has 10 nitrogen and oxygen atoms in total. The molecule has 0 aliphatic carbocycles. The fraction of sp³-hybridized carbons (Fsp3) is 0.360. The molecule has 3 aliphatic rings. The topological polar surface area (TPSA) is 102 Å². The molecule has 5 amide bonds. The van der Waals surface area contributed by atoms with E-state index in [0.29, 0.717) is 49.7 Å². The molecule has 0 aromatic heterocycles. The Bertz CT molecular complexity index is 1230. The maximum absolute atomic E-state index is 14.1. The number of rotatable bonds is 5. The van der Waals surface area contributed by atoms with E-state index in [9.17, 15) is 23.6 Å². The molecule has 0 saturated carbocycles. The van der Waals surface area contributed by atoms with Gasteiger partial charge in [0.2, 0.25) is 5.91 Å². The molecule has 188 valence electrons. The highest BCUT2D eigenvalue weighted by atomic mass is 19.1. The van der Waals surface area contributed by atoms with Crippen LogP contribution in [0, 0.1) is 5.82 Å². The van der Waals surface area contributed by atoms with Crippen LogP contribution in [-0.4, -0.2) is 79.6 Å².